The second kappa shape index (κ2) is 11.4. The number of piperidine rings is 1. The highest BCUT2D eigenvalue weighted by Gasteiger charge is 2.28. The van der Waals surface area contributed by atoms with Gasteiger partial charge in [-0.15, -0.1) is 0 Å². The predicted octanol–water partition coefficient (Wildman–Crippen LogP) is 4.01. The van der Waals surface area contributed by atoms with Crippen LogP contribution in [0.15, 0.2) is 18.2 Å². The van der Waals surface area contributed by atoms with Gasteiger partial charge in [-0.2, -0.15) is 0 Å². The van der Waals surface area contributed by atoms with Crippen molar-refractivity contribution in [2.75, 3.05) is 13.1 Å². The number of nitrogens with one attached hydrogen (secondary N) is 1. The Morgan fingerprint density at radius 1 is 1.23 bits per heavy atom. The number of halogens is 2. The molecule has 0 spiro atoms. The maximum Gasteiger partial charge on any atom is 0.325 e. The van der Waals surface area contributed by atoms with E-state index in [2.05, 4.69) is 5.32 Å². The molecule has 0 radical (unpaired) electrons. The highest BCUT2D eigenvalue weighted by Crippen LogP contribution is 2.36. The van der Waals surface area contributed by atoms with Crippen molar-refractivity contribution in [3.05, 3.63) is 33.8 Å². The van der Waals surface area contributed by atoms with Crippen molar-refractivity contribution in [1.82, 2.24) is 10.2 Å². The number of carboxylic acids is 1. The molecule has 1 aliphatic heterocycles. The molecular weight excluding hydrogens is 443 g/mol. The Kier molecular flexibility index (Phi) is 9.19. The van der Waals surface area contributed by atoms with Gasteiger partial charge in [0, 0.05) is 25.1 Å². The molecule has 2 N–H and O–H groups in total. The van der Waals surface area contributed by atoms with Gasteiger partial charge in [0.15, 0.2) is 0 Å². The summed E-state index contributed by atoms with van der Waals surface area (Å²) in [6, 6.07) is 2.54. The van der Waals surface area contributed by atoms with E-state index in [-0.39, 0.29) is 23.8 Å². The Balaban J connectivity index is 1.94. The van der Waals surface area contributed by atoms with Crippen LogP contribution in [0.1, 0.15) is 45.6 Å². The lowest BCUT2D eigenvalue weighted by Crippen LogP contribution is -2.46. The first-order valence-corrected chi connectivity index (χ1v) is 11.0. The van der Waals surface area contributed by atoms with Crippen molar-refractivity contribution in [1.29, 1.82) is 0 Å². The topological polar surface area (TPSA) is 95.9 Å². The summed E-state index contributed by atoms with van der Waals surface area (Å²) in [5, 5.41) is 12.0. The van der Waals surface area contributed by atoms with E-state index in [1.807, 2.05) is 13.8 Å². The molecule has 1 aromatic rings. The molecule has 0 saturated carbocycles. The molecule has 2 rings (SSSR count). The number of carboxylic acid groups (broad SMARTS) is 1. The van der Waals surface area contributed by atoms with Crippen LogP contribution in [0.5, 0.6) is 5.75 Å². The van der Waals surface area contributed by atoms with Crippen molar-refractivity contribution in [3.63, 3.8) is 0 Å². The molecular formula is C22H28Cl2N2O5. The normalized spacial score (nSPS) is 16.7. The Bertz CT molecular complexity index is 851. The summed E-state index contributed by atoms with van der Waals surface area (Å²) in [7, 11) is 0. The van der Waals surface area contributed by atoms with Gasteiger partial charge in [0.2, 0.25) is 11.8 Å². The summed E-state index contributed by atoms with van der Waals surface area (Å²) >= 11 is 12.6. The summed E-state index contributed by atoms with van der Waals surface area (Å²) < 4.78 is 5.74. The van der Waals surface area contributed by atoms with Crippen LogP contribution in [-0.2, 0) is 14.4 Å². The molecule has 170 valence electrons. The fraction of sp³-hybridized carbons (Fsp3) is 0.500. The van der Waals surface area contributed by atoms with E-state index in [4.69, 9.17) is 33.0 Å². The molecule has 1 aliphatic rings. The largest absolute Gasteiger partial charge is 0.489 e. The molecule has 2 unspecified atom stereocenters. The Hall–Kier alpha value is -2.25. The maximum absolute atomic E-state index is 12.5. The third-order valence-electron chi connectivity index (χ3n) is 5.29. The van der Waals surface area contributed by atoms with E-state index >= 15 is 0 Å². The van der Waals surface area contributed by atoms with Crippen molar-refractivity contribution in [2.45, 2.75) is 52.2 Å². The molecule has 1 aromatic carbocycles. The van der Waals surface area contributed by atoms with Gasteiger partial charge < -0.3 is 20.1 Å². The van der Waals surface area contributed by atoms with Crippen LogP contribution < -0.4 is 10.1 Å². The van der Waals surface area contributed by atoms with Crippen LogP contribution in [-0.4, -0.2) is 53.0 Å². The van der Waals surface area contributed by atoms with E-state index < -0.39 is 12.0 Å². The minimum absolute atomic E-state index is 0.00823. The Labute approximate surface area is 192 Å². The standard InChI is InChI=1S/C22H28Cl2N2O5/c1-4-13(2)31-17-7-5-15(19(23)20(17)24)6-8-18(27)26-11-9-16(10-12-26)21(28)25-14(3)22(29)30/h5-8,13-14,16H,4,9-12H2,1-3H3,(H,25,28)(H,29,30). The van der Waals surface area contributed by atoms with Crippen LogP contribution in [0.3, 0.4) is 0 Å². The van der Waals surface area contributed by atoms with E-state index in [1.165, 1.54) is 13.0 Å². The lowest BCUT2D eigenvalue weighted by Gasteiger charge is -2.31. The molecule has 2 amide bonds. The Morgan fingerprint density at radius 2 is 1.87 bits per heavy atom. The van der Waals surface area contributed by atoms with Gasteiger partial charge in [-0.3, -0.25) is 14.4 Å². The molecule has 1 heterocycles. The van der Waals surface area contributed by atoms with Gasteiger partial charge in [0.05, 0.1) is 11.1 Å². The minimum atomic E-state index is -1.08. The number of ether oxygens (including phenoxy) is 1. The summed E-state index contributed by atoms with van der Waals surface area (Å²) in [4.78, 5) is 37.2. The zero-order valence-electron chi connectivity index (χ0n) is 17.9. The van der Waals surface area contributed by atoms with Crippen LogP contribution in [0, 0.1) is 5.92 Å². The van der Waals surface area contributed by atoms with Gasteiger partial charge in [-0.05, 0) is 56.9 Å². The minimum Gasteiger partial charge on any atom is -0.489 e. The average Bonchev–Trinajstić information content (AvgIpc) is 2.75. The second-order valence-electron chi connectivity index (χ2n) is 7.62. The first kappa shape index (κ1) is 25.0. The molecule has 9 heteroatoms. The van der Waals surface area contributed by atoms with Crippen LogP contribution in [0.25, 0.3) is 6.08 Å². The van der Waals surface area contributed by atoms with E-state index in [0.717, 1.165) is 6.42 Å². The number of likely N-dealkylation sites (tertiary alicyclic amines) is 1. The molecule has 2 atom stereocenters. The van der Waals surface area contributed by atoms with Crippen molar-refractivity contribution < 1.29 is 24.2 Å². The number of nitrogens with zero attached hydrogens (tertiary/aromatic N) is 1. The summed E-state index contributed by atoms with van der Waals surface area (Å²) in [5.41, 5.74) is 0.605. The van der Waals surface area contributed by atoms with Gasteiger partial charge >= 0.3 is 5.97 Å². The quantitative estimate of drug-likeness (QED) is 0.559. The van der Waals surface area contributed by atoms with Crippen molar-refractivity contribution in [2.24, 2.45) is 5.92 Å². The van der Waals surface area contributed by atoms with Crippen LogP contribution in [0.4, 0.5) is 0 Å². The number of rotatable bonds is 8. The predicted molar refractivity (Wildman–Crippen MR) is 120 cm³/mol. The van der Waals surface area contributed by atoms with E-state index in [1.54, 1.807) is 23.1 Å². The van der Waals surface area contributed by atoms with E-state index in [0.29, 0.717) is 47.3 Å². The van der Waals surface area contributed by atoms with Gasteiger partial charge in [0.1, 0.15) is 16.8 Å². The molecule has 0 aliphatic carbocycles. The van der Waals surface area contributed by atoms with Gasteiger partial charge in [-0.25, -0.2) is 0 Å². The summed E-state index contributed by atoms with van der Waals surface area (Å²) in [6.07, 6.45) is 4.84. The van der Waals surface area contributed by atoms with Crippen molar-refractivity contribution in [3.8, 4) is 5.75 Å². The number of aliphatic carboxylic acids is 1. The smallest absolute Gasteiger partial charge is 0.325 e. The SMILES string of the molecule is CCC(C)Oc1ccc(C=CC(=O)N2CCC(C(=O)NC(C)C(=O)O)CC2)c(Cl)c1Cl. The monoisotopic (exact) mass is 470 g/mol. The molecule has 0 aromatic heterocycles. The average molecular weight is 471 g/mol. The summed E-state index contributed by atoms with van der Waals surface area (Å²) in [6.45, 7) is 6.20. The third kappa shape index (κ3) is 6.87. The number of carbonyl (C=O) groups excluding carboxylic acids is 2. The highest BCUT2D eigenvalue weighted by molar-refractivity contribution is 6.43. The van der Waals surface area contributed by atoms with Crippen molar-refractivity contribution >= 4 is 47.1 Å². The fourth-order valence-electron chi connectivity index (χ4n) is 3.09. The van der Waals surface area contributed by atoms with E-state index in [9.17, 15) is 14.4 Å². The third-order valence-corrected chi connectivity index (χ3v) is 6.17. The lowest BCUT2D eigenvalue weighted by atomic mass is 9.95. The highest BCUT2D eigenvalue weighted by atomic mass is 35.5. The maximum atomic E-state index is 12.5. The van der Waals surface area contributed by atoms with Gasteiger partial charge in [0.25, 0.3) is 0 Å². The Morgan fingerprint density at radius 3 is 2.45 bits per heavy atom. The zero-order chi connectivity index (χ0) is 23.1. The first-order chi connectivity index (χ1) is 14.6. The van der Waals surface area contributed by atoms with Gasteiger partial charge in [-0.1, -0.05) is 30.1 Å². The summed E-state index contributed by atoms with van der Waals surface area (Å²) in [5.74, 6) is -1.36. The molecule has 31 heavy (non-hydrogen) atoms. The molecule has 1 fully saturated rings. The molecule has 0 bridgehead atoms. The number of hydrogen-bond acceptors (Lipinski definition) is 4. The zero-order valence-corrected chi connectivity index (χ0v) is 19.4. The number of hydrogen-bond donors (Lipinski definition) is 2. The number of carbonyl (C=O) groups is 3. The first-order valence-electron chi connectivity index (χ1n) is 10.3. The molecule has 1 saturated heterocycles. The van der Waals surface area contributed by atoms with Crippen LogP contribution >= 0.6 is 23.2 Å². The van der Waals surface area contributed by atoms with Crippen LogP contribution in [0.2, 0.25) is 10.0 Å². The molecule has 7 nitrogen and oxygen atoms in total. The fourth-order valence-corrected chi connectivity index (χ4v) is 3.52. The lowest BCUT2D eigenvalue weighted by molar-refractivity contribution is -0.142. The number of amides is 2. The number of benzene rings is 1. The second-order valence-corrected chi connectivity index (χ2v) is 8.37.